The van der Waals surface area contributed by atoms with Crippen molar-refractivity contribution in [2.45, 2.75) is 37.9 Å². The molecule has 1 aliphatic carbocycles. The molecule has 10 heteroatoms. The van der Waals surface area contributed by atoms with Gasteiger partial charge in [-0.2, -0.15) is 9.89 Å². The first-order chi connectivity index (χ1) is 18.5. The zero-order valence-corrected chi connectivity index (χ0v) is 21.0. The summed E-state index contributed by atoms with van der Waals surface area (Å²) in [6.45, 7) is 3.94. The number of carbonyl (C=O) groups excluding carboxylic acids is 2. The maximum Gasteiger partial charge on any atom is 0.262 e. The third-order valence-electron chi connectivity index (χ3n) is 6.83. The lowest BCUT2D eigenvalue weighted by molar-refractivity contribution is -0.123. The topological polar surface area (TPSA) is 118 Å². The van der Waals surface area contributed by atoms with Crippen LogP contribution in [-0.2, 0) is 9.59 Å². The summed E-state index contributed by atoms with van der Waals surface area (Å²) < 4.78 is 5.94. The summed E-state index contributed by atoms with van der Waals surface area (Å²) in [6.07, 6.45) is 7.38. The number of allylic oxidation sites excluding steroid dienone is 1. The molecule has 3 aromatic rings. The number of carbonyl (C=O) groups is 2. The second-order valence-electron chi connectivity index (χ2n) is 9.27. The second kappa shape index (κ2) is 11.2. The van der Waals surface area contributed by atoms with E-state index in [1.165, 1.54) is 0 Å². The van der Waals surface area contributed by atoms with Crippen LogP contribution in [0.2, 0.25) is 0 Å². The number of nitrogens with two attached hydrogens (primary N) is 1. The van der Waals surface area contributed by atoms with Crippen molar-refractivity contribution in [3.63, 3.8) is 0 Å². The summed E-state index contributed by atoms with van der Waals surface area (Å²) in [5.74, 6) is 0.737. The van der Waals surface area contributed by atoms with Crippen molar-refractivity contribution in [2.24, 2.45) is 5.73 Å². The van der Waals surface area contributed by atoms with Gasteiger partial charge < -0.3 is 15.4 Å². The molecule has 0 radical (unpaired) electrons. The monoisotopic (exact) mass is 513 g/mol. The molecule has 0 saturated heterocycles. The van der Waals surface area contributed by atoms with E-state index in [9.17, 15) is 9.59 Å². The lowest BCUT2D eigenvalue weighted by atomic mass is 9.90. The average molecular weight is 514 g/mol. The number of para-hydroxylation sites is 1. The van der Waals surface area contributed by atoms with Gasteiger partial charge in [0.15, 0.2) is 0 Å². The first-order valence-electron chi connectivity index (χ1n) is 12.6. The van der Waals surface area contributed by atoms with E-state index in [0.29, 0.717) is 6.67 Å². The lowest BCUT2D eigenvalue weighted by Crippen LogP contribution is -2.58. The minimum atomic E-state index is -0.457. The number of fused-ring (bicyclic) bond motifs is 1. The molecule has 1 saturated carbocycles. The van der Waals surface area contributed by atoms with Crippen LogP contribution in [0.4, 0.5) is 5.69 Å². The fraction of sp³-hybridized carbons (Fsp3) is 0.250. The molecule has 5 rings (SSSR count). The molecule has 1 unspecified atom stereocenters. The van der Waals surface area contributed by atoms with Crippen molar-refractivity contribution in [1.29, 1.82) is 0 Å². The van der Waals surface area contributed by atoms with Gasteiger partial charge in [-0.1, -0.05) is 30.4 Å². The molecule has 2 aromatic carbocycles. The molecule has 2 aliphatic rings. The number of ether oxygens (including phenoxy) is 1. The van der Waals surface area contributed by atoms with Gasteiger partial charge in [-0.05, 0) is 74.2 Å². The van der Waals surface area contributed by atoms with Crippen LogP contribution < -0.4 is 31.2 Å². The zero-order valence-electron chi connectivity index (χ0n) is 21.0. The standard InChI is InChI=1S/C28H31N7O3/c1-2-26(36)31-32-27(37)18-20-8-10-22(11-9-20)34-19-33(28(29)25-16-17-30-35(25)34)21-12-14-24(15-13-21)38-23-6-4-3-5-7-23/h2-7,12-18,22,28H,1,8-11,19,29H2,(H,31,36)(H,32,37). The van der Waals surface area contributed by atoms with Gasteiger partial charge >= 0.3 is 0 Å². The summed E-state index contributed by atoms with van der Waals surface area (Å²) in [4.78, 5) is 27.4. The molecular weight excluding hydrogens is 482 g/mol. The maximum absolute atomic E-state index is 12.1. The summed E-state index contributed by atoms with van der Waals surface area (Å²) in [7, 11) is 0. The molecule has 2 amide bonds. The van der Waals surface area contributed by atoms with Gasteiger partial charge in [-0.3, -0.25) is 25.4 Å². The molecule has 0 bridgehead atoms. The molecule has 1 aromatic heterocycles. The molecule has 1 aliphatic heterocycles. The fourth-order valence-electron chi connectivity index (χ4n) is 4.86. The molecular formula is C28H31N7O3. The van der Waals surface area contributed by atoms with E-state index in [1.54, 1.807) is 12.3 Å². The summed E-state index contributed by atoms with van der Waals surface area (Å²) in [6, 6.07) is 19.8. The minimum absolute atomic E-state index is 0.227. The smallest absolute Gasteiger partial charge is 0.262 e. The Labute approximate surface area is 221 Å². The van der Waals surface area contributed by atoms with Crippen molar-refractivity contribution in [1.82, 2.24) is 20.7 Å². The van der Waals surface area contributed by atoms with Crippen LogP contribution >= 0.6 is 0 Å². The molecule has 2 heterocycles. The minimum Gasteiger partial charge on any atom is -0.457 e. The van der Waals surface area contributed by atoms with E-state index >= 15 is 0 Å². The number of nitrogens with one attached hydrogen (secondary N) is 2. The van der Waals surface area contributed by atoms with E-state index in [4.69, 9.17) is 10.5 Å². The highest BCUT2D eigenvalue weighted by molar-refractivity contribution is 5.92. The Morgan fingerprint density at radius 1 is 0.974 bits per heavy atom. The molecule has 0 spiro atoms. The van der Waals surface area contributed by atoms with Gasteiger partial charge in [-0.15, -0.1) is 0 Å². The highest BCUT2D eigenvalue weighted by Crippen LogP contribution is 2.33. The second-order valence-corrected chi connectivity index (χ2v) is 9.27. The number of amides is 2. The third-order valence-corrected chi connectivity index (χ3v) is 6.83. The van der Waals surface area contributed by atoms with Crippen molar-refractivity contribution in [3.8, 4) is 11.5 Å². The summed E-state index contributed by atoms with van der Waals surface area (Å²) in [5, 5.41) is 6.80. The number of hydrogen-bond donors (Lipinski definition) is 3. The molecule has 38 heavy (non-hydrogen) atoms. The predicted molar refractivity (Wildman–Crippen MR) is 144 cm³/mol. The van der Waals surface area contributed by atoms with Crippen molar-refractivity contribution in [3.05, 3.63) is 96.9 Å². The molecule has 1 atom stereocenters. The number of benzene rings is 2. The number of anilines is 1. The number of hydrogen-bond acceptors (Lipinski definition) is 7. The van der Waals surface area contributed by atoms with Gasteiger partial charge in [0.2, 0.25) is 0 Å². The van der Waals surface area contributed by atoms with Crippen LogP contribution in [0, 0.1) is 0 Å². The number of nitrogens with zero attached hydrogens (tertiary/aromatic N) is 4. The molecule has 196 valence electrons. The first kappa shape index (κ1) is 25.1. The van der Waals surface area contributed by atoms with Gasteiger partial charge in [0, 0.05) is 17.8 Å². The van der Waals surface area contributed by atoms with E-state index < -0.39 is 5.91 Å². The van der Waals surface area contributed by atoms with Crippen molar-refractivity contribution in [2.75, 3.05) is 16.6 Å². The first-order valence-corrected chi connectivity index (χ1v) is 12.6. The SMILES string of the molecule is C=CC(=O)NNC(=O)C=C1CCC(N2CN(c3ccc(Oc4ccccc4)cc3)C(N)c3ccnn32)CC1. The summed E-state index contributed by atoms with van der Waals surface area (Å²) in [5.41, 5.74) is 14.3. The highest BCUT2D eigenvalue weighted by atomic mass is 16.5. The molecule has 4 N–H and O–H groups in total. The van der Waals surface area contributed by atoms with E-state index in [0.717, 1.165) is 60.2 Å². The van der Waals surface area contributed by atoms with Crippen LogP contribution in [0.15, 0.2) is 91.2 Å². The van der Waals surface area contributed by atoms with Crippen molar-refractivity contribution >= 4 is 17.5 Å². The zero-order chi connectivity index (χ0) is 26.5. The van der Waals surface area contributed by atoms with Crippen LogP contribution in [0.5, 0.6) is 11.5 Å². The Balaban J connectivity index is 1.26. The number of rotatable bonds is 6. The Bertz CT molecular complexity index is 1310. The Hall–Kier alpha value is -4.57. The molecule has 1 fully saturated rings. The normalized spacial score (nSPS) is 18.8. The number of aromatic nitrogens is 2. The highest BCUT2D eigenvalue weighted by Gasteiger charge is 2.34. The lowest BCUT2D eigenvalue weighted by Gasteiger charge is -2.46. The van der Waals surface area contributed by atoms with Gasteiger partial charge in [0.25, 0.3) is 11.8 Å². The number of hydrazine groups is 1. The Kier molecular flexibility index (Phi) is 7.41. The quantitative estimate of drug-likeness (QED) is 0.342. The van der Waals surface area contributed by atoms with E-state index in [-0.39, 0.29) is 18.1 Å². The van der Waals surface area contributed by atoms with Gasteiger partial charge in [0.1, 0.15) is 24.3 Å². The Morgan fingerprint density at radius 3 is 2.37 bits per heavy atom. The fourth-order valence-corrected chi connectivity index (χ4v) is 4.86. The van der Waals surface area contributed by atoms with E-state index in [2.05, 4.69) is 32.4 Å². The average Bonchev–Trinajstić information content (AvgIpc) is 3.44. The molecule has 10 nitrogen and oxygen atoms in total. The van der Waals surface area contributed by atoms with E-state index in [1.807, 2.05) is 65.5 Å². The van der Waals surface area contributed by atoms with Gasteiger partial charge in [-0.25, -0.2) is 0 Å². The van der Waals surface area contributed by atoms with Gasteiger partial charge in [0.05, 0.1) is 11.9 Å². The summed E-state index contributed by atoms with van der Waals surface area (Å²) >= 11 is 0. The maximum atomic E-state index is 12.1. The van der Waals surface area contributed by atoms with Crippen LogP contribution in [0.1, 0.15) is 37.5 Å². The van der Waals surface area contributed by atoms with Crippen molar-refractivity contribution < 1.29 is 14.3 Å². The largest absolute Gasteiger partial charge is 0.457 e. The van der Waals surface area contributed by atoms with Crippen LogP contribution in [0.3, 0.4) is 0 Å². The predicted octanol–water partition coefficient (Wildman–Crippen LogP) is 3.25. The Morgan fingerprint density at radius 2 is 1.66 bits per heavy atom. The third kappa shape index (κ3) is 5.55. The van der Waals surface area contributed by atoms with Crippen LogP contribution in [-0.4, -0.2) is 34.4 Å². The van der Waals surface area contributed by atoms with Crippen LogP contribution in [0.25, 0.3) is 0 Å².